The number of hydrogen-bond acceptors (Lipinski definition) is 34. The normalized spacial score (nSPS) is 12.0. The lowest BCUT2D eigenvalue weighted by Gasteiger charge is -2.33. The van der Waals surface area contributed by atoms with Gasteiger partial charge in [-0.3, -0.25) is 0 Å². The van der Waals surface area contributed by atoms with Gasteiger partial charge in [-0.15, -0.1) is 23.3 Å². The molecule has 0 aromatic heterocycles. The number of nitrogens with one attached hydrogen (secondary N) is 6. The number of thiol groups is 2. The molecule has 5 amide bonds. The molecular formula is C78H167N13O10S16. The van der Waals surface area contributed by atoms with Gasteiger partial charge in [-0.1, -0.05) is 211 Å². The van der Waals surface area contributed by atoms with Gasteiger partial charge in [0.15, 0.2) is 0 Å². The monoisotopic (exact) mass is 1960 g/mol. The van der Waals surface area contributed by atoms with Crippen LogP contribution >= 0.6 is 174 Å². The number of carbonyl (C=O) groups excluding carboxylic acids is 5. The second-order valence-electron chi connectivity index (χ2n) is 33.1. The SMILES string of the molecule is CC(C)(CSSCCNCCCN)CSSCCNCCCN.CCCCCCCSSCC(CSSCCN(CCCC)C(=O)OC(C)(C)C)(CSSCCN(CCCNC(=O)OC(C)(C)C)C(=O)OC(C)(C)C)CSSCCN(CCCNC(=O)OC(C)(C)C)C(=O)OC(C)(C)C.NCCCNCCSS.NCCCNCCSS. The van der Waals surface area contributed by atoms with Crippen LogP contribution in [-0.4, -0.2) is 285 Å². The van der Waals surface area contributed by atoms with Crippen molar-refractivity contribution in [1.82, 2.24) is 46.6 Å². The van der Waals surface area contributed by atoms with E-state index in [1.807, 2.05) is 206 Å². The van der Waals surface area contributed by atoms with Crippen molar-refractivity contribution in [2.45, 2.75) is 243 Å². The number of ether oxygens (including phenoxy) is 5. The quantitative estimate of drug-likeness (QED) is 0.0116. The lowest BCUT2D eigenvalue weighted by Crippen LogP contribution is -2.40. The summed E-state index contributed by atoms with van der Waals surface area (Å²) in [5, 5.41) is 18.9. The van der Waals surface area contributed by atoms with Crippen molar-refractivity contribution < 1.29 is 47.7 Å². The minimum absolute atomic E-state index is 0.0870. The topological polar surface area (TPSA) is 317 Å². The molecule has 0 aliphatic carbocycles. The van der Waals surface area contributed by atoms with E-state index in [-0.39, 0.29) is 23.7 Å². The van der Waals surface area contributed by atoms with E-state index in [1.165, 1.54) is 55.1 Å². The van der Waals surface area contributed by atoms with Gasteiger partial charge in [0.25, 0.3) is 0 Å². The smallest absolute Gasteiger partial charge is 0.410 e. The third kappa shape index (κ3) is 95.1. The van der Waals surface area contributed by atoms with Crippen molar-refractivity contribution in [3.8, 4) is 0 Å². The van der Waals surface area contributed by atoms with Crippen molar-refractivity contribution in [2.75, 3.05) is 211 Å². The summed E-state index contributed by atoms with van der Waals surface area (Å²) < 4.78 is 28.2. The van der Waals surface area contributed by atoms with Crippen LogP contribution in [0, 0.1) is 10.8 Å². The first kappa shape index (κ1) is 125. The highest BCUT2D eigenvalue weighted by Gasteiger charge is 2.33. The zero-order valence-corrected chi connectivity index (χ0v) is 88.8. The fraction of sp³-hybridized carbons (Fsp3) is 0.936. The number of amides is 5. The lowest BCUT2D eigenvalue weighted by atomic mass is 9.99. The standard InChI is InChI=1S/C53H103N5O10S8.C15H36N4S4.2C5H14N2S2/c1-18-20-22-23-24-35-69-73-39-53(40-74-70-36-32-56(29-21-19-2)45(61)66-50(9,10)11,41-75-71-37-33-57(46(62)67-51(12,13)14)30-25-27-54-43(59)64-48(3,4)5)42-76-72-38-34-58(47(63)68-52(15,16)17)31-26-28-55-44(60)65-49(6,7)8;1-15(2,13-22-20-11-9-18-7-3-5-16)14-23-21-12-10-19-8-4-6-17;2*6-2-1-3-7-4-5-9-8/h18-42H2,1-17H3,(H,54,59)(H,55,60);18-19H,3-14,16-17H2,1-2H3;2*7-8H,1-6H2. The maximum absolute atomic E-state index is 13.4. The van der Waals surface area contributed by atoms with E-state index in [0.717, 1.165) is 163 Å². The number of alkyl carbamates (subject to hydrolysis) is 2. The number of rotatable bonds is 68. The van der Waals surface area contributed by atoms with Crippen LogP contribution in [0.5, 0.6) is 0 Å². The Morgan fingerprint density at radius 1 is 0.291 bits per heavy atom. The molecule has 0 unspecified atom stereocenters. The zero-order chi connectivity index (χ0) is 89.0. The van der Waals surface area contributed by atoms with Crippen molar-refractivity contribution >= 4 is 205 Å². The molecule has 39 heteroatoms. The Kier molecular flexibility index (Phi) is 87.6. The Morgan fingerprint density at radius 2 is 0.564 bits per heavy atom. The Balaban J connectivity index is -0.00000125. The first-order valence-corrected chi connectivity index (χ1v) is 60.7. The van der Waals surface area contributed by atoms with Crippen LogP contribution in [0.25, 0.3) is 0 Å². The van der Waals surface area contributed by atoms with Crippen LogP contribution in [-0.2, 0) is 23.7 Å². The molecule has 0 radical (unpaired) electrons. The number of nitrogens with zero attached hydrogens (tertiary/aromatic N) is 3. The van der Waals surface area contributed by atoms with Gasteiger partial charge in [-0.2, -0.15) is 0 Å². The lowest BCUT2D eigenvalue weighted by molar-refractivity contribution is 0.0248. The number of unbranched alkanes of at least 4 members (excludes halogenated alkanes) is 5. The maximum Gasteiger partial charge on any atom is 0.410 e. The molecule has 0 aliphatic heterocycles. The van der Waals surface area contributed by atoms with Crippen LogP contribution in [0.1, 0.15) is 215 Å². The molecule has 0 saturated heterocycles. The van der Waals surface area contributed by atoms with E-state index in [2.05, 4.69) is 82.9 Å². The van der Waals surface area contributed by atoms with Gasteiger partial charge in [0.2, 0.25) is 0 Å². The number of nitrogens with two attached hydrogens (primary N) is 4. The molecular weight excluding hydrogens is 1790 g/mol. The van der Waals surface area contributed by atoms with Gasteiger partial charge < -0.3 is 93.2 Å². The molecule has 0 aliphatic rings. The molecule has 0 heterocycles. The van der Waals surface area contributed by atoms with Crippen LogP contribution in [0.2, 0.25) is 0 Å². The molecule has 0 aromatic carbocycles. The predicted octanol–water partition coefficient (Wildman–Crippen LogP) is 19.5. The van der Waals surface area contributed by atoms with Crippen molar-refractivity contribution in [3.63, 3.8) is 0 Å². The van der Waals surface area contributed by atoms with E-state index in [4.69, 9.17) is 46.6 Å². The molecule has 700 valence electrons. The van der Waals surface area contributed by atoms with E-state index < -0.39 is 40.2 Å². The van der Waals surface area contributed by atoms with Gasteiger partial charge >= 0.3 is 30.5 Å². The number of hydrogen-bond donors (Lipinski definition) is 12. The second kappa shape index (κ2) is 82.1. The minimum Gasteiger partial charge on any atom is -0.444 e. The molecule has 0 rings (SSSR count). The largest absolute Gasteiger partial charge is 0.444 e. The molecule has 0 atom stereocenters. The van der Waals surface area contributed by atoms with Crippen LogP contribution in [0.15, 0.2) is 0 Å². The third-order valence-corrected chi connectivity index (χ3v) is 32.5. The first-order chi connectivity index (χ1) is 55.2. The summed E-state index contributed by atoms with van der Waals surface area (Å²) >= 11 is 8.00. The van der Waals surface area contributed by atoms with Crippen molar-refractivity contribution in [1.29, 1.82) is 0 Å². The van der Waals surface area contributed by atoms with Crippen LogP contribution < -0.4 is 54.8 Å². The third-order valence-electron chi connectivity index (χ3n) is 14.5. The first-order valence-electron chi connectivity index (χ1n) is 41.7. The molecule has 0 spiro atoms. The Labute approximate surface area is 779 Å². The Bertz CT molecular complexity index is 2190. The average molecular weight is 1960 g/mol. The fourth-order valence-corrected chi connectivity index (χ4v) is 26.5. The summed E-state index contributed by atoms with van der Waals surface area (Å²) in [5.74, 6) is 13.7. The van der Waals surface area contributed by atoms with Gasteiger partial charge in [0.05, 0.1) is 0 Å². The molecule has 23 nitrogen and oxygen atoms in total. The molecule has 0 fully saturated rings. The van der Waals surface area contributed by atoms with Crippen molar-refractivity contribution in [2.24, 2.45) is 33.8 Å². The molecule has 0 saturated carbocycles. The Hall–Kier alpha value is 1.63. The summed E-state index contributed by atoms with van der Waals surface area (Å²) in [5.41, 5.74) is 18.7. The average Bonchev–Trinajstić information content (AvgIpc) is 0.860. The molecule has 14 N–H and O–H groups in total. The van der Waals surface area contributed by atoms with E-state index >= 15 is 0 Å². The summed E-state index contributed by atoms with van der Waals surface area (Å²) in [6, 6.07) is 0. The second-order valence-corrected chi connectivity index (χ2v) is 51.5. The molecule has 117 heavy (non-hydrogen) atoms. The van der Waals surface area contributed by atoms with Crippen LogP contribution in [0.4, 0.5) is 24.0 Å². The highest BCUT2D eigenvalue weighted by molar-refractivity contribution is 8.78. The summed E-state index contributed by atoms with van der Waals surface area (Å²) in [7, 11) is 25.9. The maximum atomic E-state index is 13.4. The fourth-order valence-electron chi connectivity index (χ4n) is 8.55. The number of carbonyl (C=O) groups is 5. The van der Waals surface area contributed by atoms with Gasteiger partial charge in [-0.25, -0.2) is 24.0 Å². The van der Waals surface area contributed by atoms with E-state index in [0.29, 0.717) is 82.1 Å². The van der Waals surface area contributed by atoms with E-state index in [1.54, 1.807) is 63.8 Å². The van der Waals surface area contributed by atoms with Gasteiger partial charge in [0, 0.05) is 164 Å². The highest BCUT2D eigenvalue weighted by Crippen LogP contribution is 2.45. The molecule has 0 bridgehead atoms. The molecule has 0 aromatic rings. The Morgan fingerprint density at radius 3 is 0.855 bits per heavy atom. The van der Waals surface area contributed by atoms with Crippen molar-refractivity contribution in [3.05, 3.63) is 0 Å². The highest BCUT2D eigenvalue weighted by atomic mass is 33.1. The van der Waals surface area contributed by atoms with Crippen LogP contribution in [0.3, 0.4) is 0 Å². The van der Waals surface area contributed by atoms with E-state index in [9.17, 15) is 24.0 Å². The summed E-state index contributed by atoms with van der Waals surface area (Å²) in [6.45, 7) is 52.3. The zero-order valence-electron chi connectivity index (χ0n) is 75.6. The van der Waals surface area contributed by atoms with Gasteiger partial charge in [-0.05, 0) is 213 Å². The van der Waals surface area contributed by atoms with Gasteiger partial charge in [0.1, 0.15) is 28.0 Å². The predicted molar refractivity (Wildman–Crippen MR) is 550 cm³/mol. The minimum atomic E-state index is -0.652. The summed E-state index contributed by atoms with van der Waals surface area (Å²) in [6.07, 6.45) is 11.5. The summed E-state index contributed by atoms with van der Waals surface area (Å²) in [4.78, 5) is 70.0.